The maximum absolute atomic E-state index is 11.4. The lowest BCUT2D eigenvalue weighted by Gasteiger charge is -2.21. The minimum absolute atomic E-state index is 0.241. The summed E-state index contributed by atoms with van der Waals surface area (Å²) in [7, 11) is -4.99. The predicted octanol–water partition coefficient (Wildman–Crippen LogP) is 7.44. The summed E-state index contributed by atoms with van der Waals surface area (Å²) >= 11 is 3.14. The number of ether oxygens (including phenoxy) is 2. The van der Waals surface area contributed by atoms with Gasteiger partial charge in [-0.15, -0.1) is 0 Å². The van der Waals surface area contributed by atoms with E-state index in [2.05, 4.69) is 42.8 Å². The summed E-state index contributed by atoms with van der Waals surface area (Å²) in [5.74, 6) is 0.685. The molecule has 2 aromatic heterocycles. The van der Waals surface area contributed by atoms with Crippen LogP contribution in [0.5, 0.6) is 11.5 Å². The van der Waals surface area contributed by atoms with Gasteiger partial charge in [0.25, 0.3) is 25.2 Å². The Kier molecular flexibility index (Phi) is 18.4. The van der Waals surface area contributed by atoms with Gasteiger partial charge in [0.15, 0.2) is 6.54 Å². The number of thiazole rings is 1. The first-order valence-corrected chi connectivity index (χ1v) is 22.6. The van der Waals surface area contributed by atoms with Crippen LogP contribution in [0.2, 0.25) is 0 Å². The average Bonchev–Trinajstić information content (AvgIpc) is 3.67. The average molecular weight is 822 g/mol. The van der Waals surface area contributed by atoms with Crippen LogP contribution in [-0.2, 0) is 26.8 Å². The molecule has 0 saturated carbocycles. The van der Waals surface area contributed by atoms with Gasteiger partial charge >= 0.3 is 0 Å². The van der Waals surface area contributed by atoms with Crippen molar-refractivity contribution in [3.63, 3.8) is 0 Å². The zero-order valence-electron chi connectivity index (χ0n) is 31.8. The quantitative estimate of drug-likeness (QED) is 0.0855. The molecule has 3 heterocycles. The van der Waals surface area contributed by atoms with Gasteiger partial charge in [0.2, 0.25) is 5.52 Å². The second kappa shape index (κ2) is 22.1. The van der Waals surface area contributed by atoms with Gasteiger partial charge in [-0.25, -0.2) is 0 Å². The number of methoxy groups -OCH3 is 2. The fraction of sp³-hybridized carbons (Fsp3) is 0.421. The first-order valence-electron chi connectivity index (χ1n) is 17.8. The Morgan fingerprint density at radius 2 is 1.48 bits per heavy atom. The number of hydrogen-bond donors (Lipinski definition) is 2. The molecule has 12 nitrogen and oxygen atoms in total. The minimum Gasteiger partial charge on any atom is -0.497 e. The number of rotatable bonds is 16. The van der Waals surface area contributed by atoms with Crippen LogP contribution < -0.4 is 18.9 Å². The van der Waals surface area contributed by atoms with Crippen LogP contribution in [0.15, 0.2) is 88.6 Å². The topological polar surface area (TPSA) is 150 Å². The molecule has 0 atom stereocenters. The van der Waals surface area contributed by atoms with Gasteiger partial charge in [0.1, 0.15) is 16.2 Å². The van der Waals surface area contributed by atoms with Crippen molar-refractivity contribution in [3.05, 3.63) is 88.7 Å². The van der Waals surface area contributed by atoms with E-state index >= 15 is 0 Å². The summed E-state index contributed by atoms with van der Waals surface area (Å²) in [6.07, 6.45) is 8.82. The van der Waals surface area contributed by atoms with E-state index in [1.807, 2.05) is 71.0 Å². The van der Waals surface area contributed by atoms with Crippen molar-refractivity contribution in [2.75, 3.05) is 56.8 Å². The Hall–Kier alpha value is -3.51. The molecule has 2 aromatic carbocycles. The van der Waals surface area contributed by atoms with Gasteiger partial charge in [-0.1, -0.05) is 56.9 Å². The molecule has 16 heteroatoms. The summed E-state index contributed by atoms with van der Waals surface area (Å²) in [5.41, 5.74) is 2.82. The number of nitrogens with zero attached hydrogens (tertiary/aromatic N) is 4. The molecule has 5 rings (SSSR count). The predicted molar refractivity (Wildman–Crippen MR) is 221 cm³/mol. The van der Waals surface area contributed by atoms with Gasteiger partial charge in [0.05, 0.1) is 42.5 Å². The summed E-state index contributed by atoms with van der Waals surface area (Å²) in [5, 5.41) is 1.83. The third kappa shape index (κ3) is 14.6. The van der Waals surface area contributed by atoms with Crippen LogP contribution in [0.4, 0.5) is 5.69 Å². The Bertz CT molecular complexity index is 2020. The second-order valence-corrected chi connectivity index (χ2v) is 17.3. The number of aryl methyl sites for hydroxylation is 1. The Balaban J connectivity index is 0.000000509. The number of allylic oxidation sites excluding steroid dienone is 2. The van der Waals surface area contributed by atoms with E-state index in [4.69, 9.17) is 9.47 Å². The van der Waals surface area contributed by atoms with E-state index < -0.39 is 20.2 Å². The van der Waals surface area contributed by atoms with E-state index in [0.29, 0.717) is 31.0 Å². The molecule has 296 valence electrons. The molecule has 0 amide bonds. The third-order valence-electron chi connectivity index (χ3n) is 8.38. The van der Waals surface area contributed by atoms with Crippen molar-refractivity contribution < 1.29 is 40.0 Å². The lowest BCUT2D eigenvalue weighted by Crippen LogP contribution is -2.36. The molecular weight excluding hydrogens is 769 g/mol. The number of fused-ring (bicyclic) bond motifs is 2. The summed E-state index contributed by atoms with van der Waals surface area (Å²) in [6, 6.07) is 17.2. The molecule has 0 aliphatic carbocycles. The maximum Gasteiger partial charge on any atom is 0.265 e. The summed E-state index contributed by atoms with van der Waals surface area (Å²) in [6.45, 7) is 12.9. The number of anilines is 1. The summed E-state index contributed by atoms with van der Waals surface area (Å²) in [4.78, 5) is 9.20. The SMILES string of the molecule is CCC(=Cc1sc2ccc(OC)cc2[n+]1CCCS(=O)(=O)O)C=C1Sc2ccc(OC)cc2N1CCCS(=O)(=O)O.CCN(CC)CC.c1ccncc1. The highest BCUT2D eigenvalue weighted by molar-refractivity contribution is 8.03. The van der Waals surface area contributed by atoms with Crippen LogP contribution in [0, 0.1) is 0 Å². The zero-order chi connectivity index (χ0) is 39.7. The van der Waals surface area contributed by atoms with Crippen LogP contribution in [0.1, 0.15) is 52.0 Å². The highest BCUT2D eigenvalue weighted by Crippen LogP contribution is 2.48. The number of benzene rings is 2. The van der Waals surface area contributed by atoms with Gasteiger partial charge < -0.3 is 19.3 Å². The molecule has 1 aliphatic heterocycles. The first-order chi connectivity index (χ1) is 25.7. The number of hydrogen-bond acceptors (Lipinski definition) is 11. The Morgan fingerprint density at radius 1 is 0.870 bits per heavy atom. The highest BCUT2D eigenvalue weighted by atomic mass is 32.2. The molecule has 0 unspecified atom stereocenters. The molecular formula is C38H53N4O8S4+. The van der Waals surface area contributed by atoms with Crippen LogP contribution in [0.3, 0.4) is 0 Å². The number of thioether (sulfide) groups is 1. The number of aromatic nitrogens is 2. The van der Waals surface area contributed by atoms with Gasteiger partial charge in [-0.3, -0.25) is 14.1 Å². The lowest BCUT2D eigenvalue weighted by atomic mass is 10.2. The molecule has 0 radical (unpaired) electrons. The fourth-order valence-electron chi connectivity index (χ4n) is 5.45. The van der Waals surface area contributed by atoms with Crippen molar-refractivity contribution in [1.82, 2.24) is 9.88 Å². The van der Waals surface area contributed by atoms with Crippen molar-refractivity contribution in [2.24, 2.45) is 0 Å². The van der Waals surface area contributed by atoms with Crippen LogP contribution in [0.25, 0.3) is 16.3 Å². The monoisotopic (exact) mass is 821 g/mol. The highest BCUT2D eigenvalue weighted by Gasteiger charge is 2.27. The molecule has 0 bridgehead atoms. The molecule has 1 aliphatic rings. The van der Waals surface area contributed by atoms with Gasteiger partial charge in [-0.05, 0) is 80.5 Å². The van der Waals surface area contributed by atoms with Crippen LogP contribution >= 0.6 is 23.1 Å². The first kappa shape index (κ1) is 44.9. The van der Waals surface area contributed by atoms with E-state index in [1.165, 1.54) is 19.6 Å². The molecule has 0 fully saturated rings. The van der Waals surface area contributed by atoms with E-state index in [0.717, 1.165) is 36.4 Å². The molecule has 54 heavy (non-hydrogen) atoms. The molecule has 0 spiro atoms. The normalized spacial score (nSPS) is 13.7. The van der Waals surface area contributed by atoms with Gasteiger partial charge in [0, 0.05) is 42.4 Å². The lowest BCUT2D eigenvalue weighted by molar-refractivity contribution is -0.668. The number of pyridine rings is 1. The Labute approximate surface area is 329 Å². The summed E-state index contributed by atoms with van der Waals surface area (Å²) < 4.78 is 77.8. The fourth-order valence-corrected chi connectivity index (χ4v) is 8.73. The second-order valence-electron chi connectivity index (χ2n) is 12.0. The van der Waals surface area contributed by atoms with E-state index in [9.17, 15) is 25.9 Å². The Morgan fingerprint density at radius 3 is 2.00 bits per heavy atom. The van der Waals surface area contributed by atoms with Gasteiger partial charge in [-0.2, -0.15) is 21.4 Å². The van der Waals surface area contributed by atoms with E-state index in [-0.39, 0.29) is 24.3 Å². The maximum atomic E-state index is 11.4. The van der Waals surface area contributed by atoms with E-state index in [1.54, 1.807) is 49.7 Å². The van der Waals surface area contributed by atoms with Crippen molar-refractivity contribution in [3.8, 4) is 11.5 Å². The molecule has 0 saturated heterocycles. The van der Waals surface area contributed by atoms with Crippen LogP contribution in [-0.4, -0.2) is 87.7 Å². The minimum atomic E-state index is -4.08. The van der Waals surface area contributed by atoms with Crippen molar-refractivity contribution in [2.45, 2.75) is 58.4 Å². The van der Waals surface area contributed by atoms with Crippen molar-refractivity contribution in [1.29, 1.82) is 0 Å². The molecule has 2 N–H and O–H groups in total. The molecule has 4 aromatic rings. The van der Waals surface area contributed by atoms with Crippen molar-refractivity contribution >= 4 is 65.3 Å². The third-order valence-corrected chi connectivity index (χ3v) is 12.2. The largest absolute Gasteiger partial charge is 0.497 e. The zero-order valence-corrected chi connectivity index (χ0v) is 35.1. The smallest absolute Gasteiger partial charge is 0.265 e. The standard InChI is InChI=1S/C27H32N2O8S4.C6H15N.C5H5N/c1-4-19(15-26-28(11-5-13-40(30,31)32)22-17-20(36-2)7-9-24(22)38-26)16-27-29(12-6-14-41(33,34)35)23-18-21(37-3)8-10-25(23)39-27;1-4-7(5-2)6-3;1-2-4-6-5-3-1/h7-10,15-18H,4-6,11-14H2,1-3H3,(H-,30,31,32,33,34,35);4-6H2,1-3H3;1-5H/p+1.